The third kappa shape index (κ3) is 6.33. The number of carbonyl (C=O) groups excluding carboxylic acids is 1. The Labute approximate surface area is 172 Å². The number of aromatic nitrogens is 1. The van der Waals surface area contributed by atoms with Crippen LogP contribution in [0.5, 0.6) is 0 Å². The maximum Gasteiger partial charge on any atom is 0.417 e. The predicted molar refractivity (Wildman–Crippen MR) is 106 cm³/mol. The number of carbonyl (C=O) groups is 1. The Kier molecular flexibility index (Phi) is 6.97. The van der Waals surface area contributed by atoms with Crippen molar-refractivity contribution in [1.82, 2.24) is 15.2 Å². The first-order valence-electron chi connectivity index (χ1n) is 9.33. The van der Waals surface area contributed by atoms with E-state index < -0.39 is 11.7 Å². The van der Waals surface area contributed by atoms with E-state index in [1.807, 2.05) is 21.9 Å². The first-order chi connectivity index (χ1) is 13.8. The van der Waals surface area contributed by atoms with Crippen LogP contribution in [0.3, 0.4) is 0 Å². The summed E-state index contributed by atoms with van der Waals surface area (Å²) in [4.78, 5) is 20.2. The minimum Gasteiger partial charge on any atom is -0.355 e. The fraction of sp³-hybridized carbons (Fsp3) is 0.400. The van der Waals surface area contributed by atoms with Crippen molar-refractivity contribution in [3.05, 3.63) is 58.7 Å². The summed E-state index contributed by atoms with van der Waals surface area (Å²) in [5.74, 6) is 0.452. The van der Waals surface area contributed by atoms with Crippen LogP contribution in [0.1, 0.15) is 17.5 Å². The number of halogens is 4. The lowest BCUT2D eigenvalue weighted by atomic mass is 10.2. The molecule has 1 aromatic heterocycles. The maximum atomic E-state index is 12.7. The highest BCUT2D eigenvalue weighted by Gasteiger charge is 2.31. The van der Waals surface area contributed by atoms with Crippen molar-refractivity contribution in [2.75, 3.05) is 37.6 Å². The molecule has 1 aliphatic rings. The van der Waals surface area contributed by atoms with Crippen LogP contribution in [0.2, 0.25) is 5.02 Å². The second-order valence-corrected chi connectivity index (χ2v) is 7.36. The van der Waals surface area contributed by atoms with Crippen molar-refractivity contribution in [1.29, 1.82) is 0 Å². The number of hydrogen-bond acceptors (Lipinski definition) is 4. The molecule has 5 nitrogen and oxygen atoms in total. The van der Waals surface area contributed by atoms with Gasteiger partial charge in [-0.25, -0.2) is 4.98 Å². The van der Waals surface area contributed by atoms with Gasteiger partial charge in [-0.05, 0) is 36.2 Å². The van der Waals surface area contributed by atoms with Gasteiger partial charge in [-0.2, -0.15) is 13.2 Å². The lowest BCUT2D eigenvalue weighted by molar-refractivity contribution is -0.137. The molecule has 0 bridgehead atoms. The van der Waals surface area contributed by atoms with Crippen molar-refractivity contribution in [2.24, 2.45) is 0 Å². The Balaban J connectivity index is 1.48. The summed E-state index contributed by atoms with van der Waals surface area (Å²) in [5.41, 5.74) is 0.216. The smallest absolute Gasteiger partial charge is 0.355 e. The quantitative estimate of drug-likeness (QED) is 0.794. The average Bonchev–Trinajstić information content (AvgIpc) is 2.92. The Morgan fingerprint density at radius 1 is 1.07 bits per heavy atom. The summed E-state index contributed by atoms with van der Waals surface area (Å²) in [6.07, 6.45) is -2.73. The average molecular weight is 427 g/mol. The van der Waals surface area contributed by atoms with Crippen LogP contribution in [-0.4, -0.2) is 48.5 Å². The Bertz CT molecular complexity index is 812. The third-order valence-corrected chi connectivity index (χ3v) is 5.01. The van der Waals surface area contributed by atoms with Crippen LogP contribution in [0.25, 0.3) is 0 Å². The fourth-order valence-electron chi connectivity index (χ4n) is 3.16. The summed E-state index contributed by atoms with van der Waals surface area (Å²) in [6, 6.07) is 9.74. The van der Waals surface area contributed by atoms with Crippen LogP contribution < -0.4 is 10.2 Å². The van der Waals surface area contributed by atoms with Gasteiger partial charge >= 0.3 is 6.18 Å². The SMILES string of the molecule is O=C(CN1CCCN(c2ccc(C(F)(F)F)cn2)CC1)NCc1ccc(Cl)cc1. The van der Waals surface area contributed by atoms with E-state index in [1.165, 1.54) is 6.07 Å². The van der Waals surface area contributed by atoms with Gasteiger partial charge in [0.2, 0.25) is 5.91 Å². The number of hydrogen-bond donors (Lipinski definition) is 1. The molecule has 156 valence electrons. The van der Waals surface area contributed by atoms with Gasteiger partial charge in [0.25, 0.3) is 0 Å². The van der Waals surface area contributed by atoms with Crippen LogP contribution >= 0.6 is 11.6 Å². The number of pyridine rings is 1. The number of amides is 1. The van der Waals surface area contributed by atoms with Crippen molar-refractivity contribution in [3.63, 3.8) is 0 Å². The summed E-state index contributed by atoms with van der Waals surface area (Å²) in [6.45, 7) is 3.37. The number of rotatable bonds is 5. The molecule has 3 rings (SSSR count). The molecule has 29 heavy (non-hydrogen) atoms. The summed E-state index contributed by atoms with van der Waals surface area (Å²) in [7, 11) is 0. The Hall–Kier alpha value is -2.32. The van der Waals surface area contributed by atoms with Crippen LogP contribution in [0, 0.1) is 0 Å². The molecule has 0 unspecified atom stereocenters. The van der Waals surface area contributed by atoms with Gasteiger partial charge in [0, 0.05) is 43.9 Å². The molecule has 1 aliphatic heterocycles. The van der Waals surface area contributed by atoms with Crippen molar-refractivity contribution < 1.29 is 18.0 Å². The molecule has 1 fully saturated rings. The fourth-order valence-corrected chi connectivity index (χ4v) is 3.29. The molecule has 0 atom stereocenters. The van der Waals surface area contributed by atoms with E-state index in [2.05, 4.69) is 10.3 Å². The minimum absolute atomic E-state index is 0.0685. The standard InChI is InChI=1S/C20H22ClF3N4O/c21-17-5-2-15(3-6-17)12-26-19(29)14-27-8-1-9-28(11-10-27)18-7-4-16(13-25-18)20(22,23)24/h2-7,13H,1,8-12,14H2,(H,26,29). The number of benzene rings is 1. The van der Waals surface area contributed by atoms with Crippen molar-refractivity contribution >= 4 is 23.3 Å². The molecule has 2 aromatic rings. The van der Waals surface area contributed by atoms with Crippen molar-refractivity contribution in [3.8, 4) is 0 Å². The summed E-state index contributed by atoms with van der Waals surface area (Å²) < 4.78 is 38.1. The zero-order chi connectivity index (χ0) is 20.9. The van der Waals surface area contributed by atoms with Gasteiger partial charge in [0.15, 0.2) is 0 Å². The number of nitrogens with one attached hydrogen (secondary N) is 1. The number of alkyl halides is 3. The van der Waals surface area contributed by atoms with E-state index in [-0.39, 0.29) is 12.5 Å². The van der Waals surface area contributed by atoms with Gasteiger partial charge < -0.3 is 10.2 Å². The molecular formula is C20H22ClF3N4O. The Morgan fingerprint density at radius 3 is 2.48 bits per heavy atom. The van der Waals surface area contributed by atoms with E-state index in [9.17, 15) is 18.0 Å². The zero-order valence-electron chi connectivity index (χ0n) is 15.8. The molecule has 1 amide bonds. The predicted octanol–water partition coefficient (Wildman–Crippen LogP) is 3.58. The summed E-state index contributed by atoms with van der Waals surface area (Å²) in [5, 5.41) is 3.54. The van der Waals surface area contributed by atoms with Gasteiger partial charge in [-0.1, -0.05) is 23.7 Å². The molecule has 1 saturated heterocycles. The van der Waals surface area contributed by atoms with Gasteiger partial charge in [0.05, 0.1) is 12.1 Å². The van der Waals surface area contributed by atoms with E-state index in [4.69, 9.17) is 11.6 Å². The highest BCUT2D eigenvalue weighted by molar-refractivity contribution is 6.30. The zero-order valence-corrected chi connectivity index (χ0v) is 16.5. The topological polar surface area (TPSA) is 48.5 Å². The molecule has 9 heteroatoms. The molecule has 0 radical (unpaired) electrons. The number of anilines is 1. The van der Waals surface area contributed by atoms with Gasteiger partial charge in [-0.3, -0.25) is 9.69 Å². The molecule has 0 aliphatic carbocycles. The third-order valence-electron chi connectivity index (χ3n) is 4.76. The Morgan fingerprint density at radius 2 is 1.83 bits per heavy atom. The molecule has 0 saturated carbocycles. The van der Waals surface area contributed by atoms with E-state index in [0.29, 0.717) is 37.0 Å². The largest absolute Gasteiger partial charge is 0.417 e. The first kappa shape index (κ1) is 21.4. The van der Waals surface area contributed by atoms with Crippen LogP contribution in [-0.2, 0) is 17.5 Å². The maximum absolute atomic E-state index is 12.7. The lowest BCUT2D eigenvalue weighted by Crippen LogP contribution is -2.39. The first-order valence-corrected chi connectivity index (χ1v) is 9.71. The van der Waals surface area contributed by atoms with Gasteiger partial charge in [0.1, 0.15) is 5.82 Å². The van der Waals surface area contributed by atoms with E-state index in [1.54, 1.807) is 12.1 Å². The number of nitrogens with zero attached hydrogens (tertiary/aromatic N) is 3. The molecular weight excluding hydrogens is 405 g/mol. The van der Waals surface area contributed by atoms with Gasteiger partial charge in [-0.15, -0.1) is 0 Å². The monoisotopic (exact) mass is 426 g/mol. The van der Waals surface area contributed by atoms with Crippen LogP contribution in [0.15, 0.2) is 42.6 Å². The second-order valence-electron chi connectivity index (χ2n) is 6.92. The summed E-state index contributed by atoms with van der Waals surface area (Å²) >= 11 is 5.85. The highest BCUT2D eigenvalue weighted by Crippen LogP contribution is 2.29. The second kappa shape index (κ2) is 9.45. The lowest BCUT2D eigenvalue weighted by Gasteiger charge is -2.22. The molecule has 1 N–H and O–H groups in total. The molecule has 0 spiro atoms. The normalized spacial score (nSPS) is 15.8. The molecule has 1 aromatic carbocycles. The van der Waals surface area contributed by atoms with Crippen LogP contribution in [0.4, 0.5) is 19.0 Å². The highest BCUT2D eigenvalue weighted by atomic mass is 35.5. The van der Waals surface area contributed by atoms with E-state index >= 15 is 0 Å². The van der Waals surface area contributed by atoms with Crippen molar-refractivity contribution in [2.45, 2.75) is 19.1 Å². The molecule has 2 heterocycles. The minimum atomic E-state index is -4.39. The van der Waals surface area contributed by atoms with E-state index in [0.717, 1.165) is 30.8 Å².